The van der Waals surface area contributed by atoms with Crippen LogP contribution in [0.4, 0.5) is 0 Å². The van der Waals surface area contributed by atoms with Crippen molar-refractivity contribution in [3.63, 3.8) is 0 Å². The number of piperazine rings is 1. The van der Waals surface area contributed by atoms with E-state index in [1.54, 1.807) is 0 Å². The van der Waals surface area contributed by atoms with Crippen molar-refractivity contribution in [3.8, 4) is 0 Å². The molecular weight excluding hydrogens is 302 g/mol. The summed E-state index contributed by atoms with van der Waals surface area (Å²) in [4.78, 5) is 30.9. The molecule has 0 aromatic heterocycles. The molecule has 2 aliphatic heterocycles. The third kappa shape index (κ3) is 3.96. The number of likely N-dealkylation sites (tertiary alicyclic amines) is 1. The van der Waals surface area contributed by atoms with Gasteiger partial charge in [0.25, 0.3) is 5.91 Å². The van der Waals surface area contributed by atoms with Gasteiger partial charge in [-0.05, 0) is 50.0 Å². The minimum atomic E-state index is 0.0734. The third-order valence-electron chi connectivity index (χ3n) is 5.09. The Morgan fingerprint density at radius 1 is 0.875 bits per heavy atom. The van der Waals surface area contributed by atoms with Gasteiger partial charge in [0.15, 0.2) is 0 Å². The fraction of sp³-hybridized carbons (Fsp3) is 0.579. The second-order valence-corrected chi connectivity index (χ2v) is 6.71. The van der Waals surface area contributed by atoms with Crippen LogP contribution < -0.4 is 0 Å². The van der Waals surface area contributed by atoms with E-state index in [4.69, 9.17) is 0 Å². The van der Waals surface area contributed by atoms with E-state index >= 15 is 0 Å². The van der Waals surface area contributed by atoms with Crippen LogP contribution >= 0.6 is 0 Å². The van der Waals surface area contributed by atoms with Crippen molar-refractivity contribution < 1.29 is 9.59 Å². The van der Waals surface area contributed by atoms with Crippen LogP contribution in [0.25, 0.3) is 0 Å². The van der Waals surface area contributed by atoms with Crippen LogP contribution in [0.2, 0.25) is 0 Å². The minimum absolute atomic E-state index is 0.0734. The van der Waals surface area contributed by atoms with Crippen molar-refractivity contribution in [1.82, 2.24) is 14.7 Å². The molecule has 1 aromatic rings. The van der Waals surface area contributed by atoms with Gasteiger partial charge >= 0.3 is 0 Å². The van der Waals surface area contributed by atoms with Crippen molar-refractivity contribution in [2.75, 3.05) is 45.8 Å². The highest BCUT2D eigenvalue weighted by Crippen LogP contribution is 2.12. The molecule has 24 heavy (non-hydrogen) atoms. The van der Waals surface area contributed by atoms with Gasteiger partial charge < -0.3 is 9.80 Å². The summed E-state index contributed by atoms with van der Waals surface area (Å²) in [7, 11) is 0. The molecule has 2 aliphatic rings. The molecule has 0 spiro atoms. The van der Waals surface area contributed by atoms with Crippen molar-refractivity contribution >= 4 is 11.8 Å². The van der Waals surface area contributed by atoms with Crippen LogP contribution in [-0.2, 0) is 11.2 Å². The molecule has 1 aromatic carbocycles. The molecule has 0 N–H and O–H groups in total. The summed E-state index contributed by atoms with van der Waals surface area (Å²) < 4.78 is 0. The monoisotopic (exact) mass is 329 g/mol. The Morgan fingerprint density at radius 3 is 2.04 bits per heavy atom. The molecule has 0 atom stereocenters. The van der Waals surface area contributed by atoms with E-state index in [0.717, 1.165) is 25.1 Å². The number of carbonyl (C=O) groups is 2. The summed E-state index contributed by atoms with van der Waals surface area (Å²) >= 11 is 0. The van der Waals surface area contributed by atoms with Gasteiger partial charge in [-0.25, -0.2) is 0 Å². The molecule has 2 heterocycles. The Bertz CT molecular complexity index is 571. The molecule has 5 heteroatoms. The van der Waals surface area contributed by atoms with Crippen molar-refractivity contribution in [3.05, 3.63) is 35.4 Å². The smallest absolute Gasteiger partial charge is 0.253 e. The SMILES string of the molecule is CCc1ccc(C(=O)N2CCN(C(=O)CN3CCCC3)CC2)cc1. The van der Waals surface area contributed by atoms with E-state index in [0.29, 0.717) is 32.7 Å². The number of aryl methyl sites for hydroxylation is 1. The van der Waals surface area contributed by atoms with Gasteiger partial charge in [0.1, 0.15) is 0 Å². The zero-order chi connectivity index (χ0) is 16.9. The molecule has 0 bridgehead atoms. The van der Waals surface area contributed by atoms with Gasteiger partial charge in [0.05, 0.1) is 6.54 Å². The second kappa shape index (κ2) is 7.79. The first kappa shape index (κ1) is 17.0. The Labute approximate surface area is 144 Å². The summed E-state index contributed by atoms with van der Waals surface area (Å²) in [6, 6.07) is 7.85. The Balaban J connectivity index is 1.50. The number of benzene rings is 1. The molecule has 2 amide bonds. The van der Waals surface area contributed by atoms with Crippen LogP contribution in [-0.4, -0.2) is 72.3 Å². The lowest BCUT2D eigenvalue weighted by molar-refractivity contribution is -0.133. The molecule has 0 unspecified atom stereocenters. The molecule has 0 saturated carbocycles. The number of hydrogen-bond acceptors (Lipinski definition) is 3. The average molecular weight is 329 g/mol. The van der Waals surface area contributed by atoms with Gasteiger partial charge in [0, 0.05) is 31.7 Å². The largest absolute Gasteiger partial charge is 0.338 e. The maximum absolute atomic E-state index is 12.6. The summed E-state index contributed by atoms with van der Waals surface area (Å²) in [5.74, 6) is 0.278. The van der Waals surface area contributed by atoms with Crippen LogP contribution in [0.15, 0.2) is 24.3 Å². The highest BCUT2D eigenvalue weighted by Gasteiger charge is 2.26. The maximum atomic E-state index is 12.6. The molecule has 3 rings (SSSR count). The fourth-order valence-electron chi connectivity index (χ4n) is 3.46. The Kier molecular flexibility index (Phi) is 5.51. The number of carbonyl (C=O) groups excluding carboxylic acids is 2. The zero-order valence-electron chi connectivity index (χ0n) is 14.5. The van der Waals surface area contributed by atoms with E-state index in [2.05, 4.69) is 11.8 Å². The number of nitrogens with zero attached hydrogens (tertiary/aromatic N) is 3. The van der Waals surface area contributed by atoms with Crippen LogP contribution in [0, 0.1) is 0 Å². The zero-order valence-corrected chi connectivity index (χ0v) is 14.5. The fourth-order valence-corrected chi connectivity index (χ4v) is 3.46. The van der Waals surface area contributed by atoms with Crippen molar-refractivity contribution in [2.45, 2.75) is 26.2 Å². The molecule has 2 fully saturated rings. The summed E-state index contributed by atoms with van der Waals surface area (Å²) in [5.41, 5.74) is 1.98. The summed E-state index contributed by atoms with van der Waals surface area (Å²) in [6.45, 7) is 7.26. The van der Waals surface area contributed by atoms with E-state index < -0.39 is 0 Å². The van der Waals surface area contributed by atoms with E-state index in [1.165, 1.54) is 18.4 Å². The number of amides is 2. The van der Waals surface area contributed by atoms with Gasteiger partial charge in [-0.15, -0.1) is 0 Å². The van der Waals surface area contributed by atoms with E-state index in [9.17, 15) is 9.59 Å². The second-order valence-electron chi connectivity index (χ2n) is 6.71. The molecule has 5 nitrogen and oxygen atoms in total. The van der Waals surface area contributed by atoms with Gasteiger partial charge in [-0.3, -0.25) is 14.5 Å². The average Bonchev–Trinajstić information content (AvgIpc) is 3.14. The van der Waals surface area contributed by atoms with Crippen molar-refractivity contribution in [1.29, 1.82) is 0 Å². The van der Waals surface area contributed by atoms with Crippen LogP contribution in [0.3, 0.4) is 0 Å². The molecular formula is C19H27N3O2. The standard InChI is InChI=1S/C19H27N3O2/c1-2-16-5-7-17(8-6-16)19(24)22-13-11-21(12-14-22)18(23)15-20-9-3-4-10-20/h5-8H,2-4,9-15H2,1H3. The molecule has 130 valence electrons. The predicted molar refractivity (Wildman–Crippen MR) is 94.0 cm³/mol. The van der Waals surface area contributed by atoms with Gasteiger partial charge in [-0.2, -0.15) is 0 Å². The predicted octanol–water partition coefficient (Wildman–Crippen LogP) is 1.63. The highest BCUT2D eigenvalue weighted by atomic mass is 16.2. The topological polar surface area (TPSA) is 43.9 Å². The maximum Gasteiger partial charge on any atom is 0.253 e. The lowest BCUT2D eigenvalue weighted by atomic mass is 10.1. The number of rotatable bonds is 4. The highest BCUT2D eigenvalue weighted by molar-refractivity contribution is 5.94. The Morgan fingerprint density at radius 2 is 1.46 bits per heavy atom. The summed E-state index contributed by atoms with van der Waals surface area (Å²) in [5, 5.41) is 0. The Hall–Kier alpha value is -1.88. The minimum Gasteiger partial charge on any atom is -0.338 e. The lowest BCUT2D eigenvalue weighted by Gasteiger charge is -2.35. The summed E-state index contributed by atoms with van der Waals surface area (Å²) in [6.07, 6.45) is 3.38. The van der Waals surface area contributed by atoms with Crippen LogP contribution in [0.5, 0.6) is 0 Å². The quantitative estimate of drug-likeness (QED) is 0.843. The first-order valence-electron chi connectivity index (χ1n) is 9.05. The van der Waals surface area contributed by atoms with Gasteiger partial charge in [0.2, 0.25) is 5.91 Å². The molecule has 2 saturated heterocycles. The van der Waals surface area contributed by atoms with Gasteiger partial charge in [-0.1, -0.05) is 19.1 Å². The first-order valence-corrected chi connectivity index (χ1v) is 9.05. The third-order valence-corrected chi connectivity index (χ3v) is 5.09. The van der Waals surface area contributed by atoms with Crippen LogP contribution in [0.1, 0.15) is 35.7 Å². The first-order chi connectivity index (χ1) is 11.7. The molecule has 0 radical (unpaired) electrons. The lowest BCUT2D eigenvalue weighted by Crippen LogP contribution is -2.52. The van der Waals surface area contributed by atoms with E-state index in [-0.39, 0.29) is 11.8 Å². The van der Waals surface area contributed by atoms with E-state index in [1.807, 2.05) is 34.1 Å². The number of hydrogen-bond donors (Lipinski definition) is 0. The van der Waals surface area contributed by atoms with Crippen molar-refractivity contribution in [2.24, 2.45) is 0 Å². The molecule has 0 aliphatic carbocycles. The normalized spacial score (nSPS) is 18.9.